The summed E-state index contributed by atoms with van der Waals surface area (Å²) in [5.74, 6) is 0.203. The lowest BCUT2D eigenvalue weighted by atomic mass is 9.90. The Morgan fingerprint density at radius 3 is 2.41 bits per heavy atom. The number of rotatable bonds is 8. The Kier molecular flexibility index (Phi) is 6.99. The van der Waals surface area contributed by atoms with Crippen LogP contribution in [0.1, 0.15) is 37.9 Å². The maximum Gasteiger partial charge on any atom is 0.235 e. The smallest absolute Gasteiger partial charge is 0.235 e. The minimum atomic E-state index is -1.16. The number of methoxy groups -OCH3 is 1. The molecule has 0 aliphatic carbocycles. The molecule has 2 N–H and O–H groups in total. The third-order valence-electron chi connectivity index (χ3n) is 4.62. The number of amides is 2. The molecule has 0 aromatic heterocycles. The zero-order valence-electron chi connectivity index (χ0n) is 16.4. The summed E-state index contributed by atoms with van der Waals surface area (Å²) in [4.78, 5) is 25.2. The van der Waals surface area contributed by atoms with E-state index in [0.29, 0.717) is 13.0 Å². The highest BCUT2D eigenvalue weighted by Crippen LogP contribution is 2.19. The molecule has 0 saturated heterocycles. The van der Waals surface area contributed by atoms with E-state index >= 15 is 0 Å². The second kappa shape index (κ2) is 9.21. The quantitative estimate of drug-likeness (QED) is 0.703. The molecular weight excluding hydrogens is 340 g/mol. The summed E-state index contributed by atoms with van der Waals surface area (Å²) >= 11 is 0. The standard InChI is InChI=1S/C22H28N2O3/c1-16(18-10-6-5-7-11-18)24-21(26)22(2,3)20(25)23-14-13-17-9-8-12-19(15-17)27-4/h5-12,15-16H,13-14H2,1-4H3,(H,23,25)(H,24,26). The first-order valence-corrected chi connectivity index (χ1v) is 9.11. The van der Waals surface area contributed by atoms with E-state index in [9.17, 15) is 9.59 Å². The van der Waals surface area contributed by atoms with Crippen LogP contribution in [0, 0.1) is 5.41 Å². The molecule has 0 saturated carbocycles. The van der Waals surface area contributed by atoms with Crippen LogP contribution in [0.3, 0.4) is 0 Å². The van der Waals surface area contributed by atoms with E-state index < -0.39 is 5.41 Å². The highest BCUT2D eigenvalue weighted by atomic mass is 16.5. The number of hydrogen-bond acceptors (Lipinski definition) is 3. The molecule has 27 heavy (non-hydrogen) atoms. The monoisotopic (exact) mass is 368 g/mol. The van der Waals surface area contributed by atoms with Crippen molar-refractivity contribution in [2.24, 2.45) is 5.41 Å². The van der Waals surface area contributed by atoms with Crippen molar-refractivity contribution < 1.29 is 14.3 Å². The Labute approximate surface area is 161 Å². The Morgan fingerprint density at radius 2 is 1.74 bits per heavy atom. The first kappa shape index (κ1) is 20.5. The predicted octanol–water partition coefficient (Wildman–Crippen LogP) is 3.26. The van der Waals surface area contributed by atoms with Crippen molar-refractivity contribution in [2.45, 2.75) is 33.2 Å². The number of hydrogen-bond donors (Lipinski definition) is 2. The maximum atomic E-state index is 12.6. The molecule has 2 aromatic rings. The summed E-state index contributed by atoms with van der Waals surface area (Å²) in [5, 5.41) is 5.79. The van der Waals surface area contributed by atoms with Crippen LogP contribution in [0.25, 0.3) is 0 Å². The van der Waals surface area contributed by atoms with E-state index in [1.165, 1.54) is 0 Å². The molecule has 144 valence electrons. The number of carbonyl (C=O) groups excluding carboxylic acids is 2. The van der Waals surface area contributed by atoms with Gasteiger partial charge in [0.2, 0.25) is 11.8 Å². The van der Waals surface area contributed by atoms with Crippen molar-refractivity contribution in [1.29, 1.82) is 0 Å². The first-order valence-electron chi connectivity index (χ1n) is 9.11. The highest BCUT2D eigenvalue weighted by Gasteiger charge is 2.36. The largest absolute Gasteiger partial charge is 0.497 e. The summed E-state index contributed by atoms with van der Waals surface area (Å²) in [6, 6.07) is 17.2. The fraction of sp³-hybridized carbons (Fsp3) is 0.364. The fourth-order valence-corrected chi connectivity index (χ4v) is 2.67. The normalized spacial score (nSPS) is 12.1. The van der Waals surface area contributed by atoms with Crippen LogP contribution in [-0.2, 0) is 16.0 Å². The Balaban J connectivity index is 1.88. The van der Waals surface area contributed by atoms with E-state index in [-0.39, 0.29) is 17.9 Å². The molecule has 5 heteroatoms. The van der Waals surface area contributed by atoms with Gasteiger partial charge in [-0.1, -0.05) is 42.5 Å². The van der Waals surface area contributed by atoms with Gasteiger partial charge in [0.15, 0.2) is 0 Å². The highest BCUT2D eigenvalue weighted by molar-refractivity contribution is 6.04. The van der Waals surface area contributed by atoms with Gasteiger partial charge in [-0.15, -0.1) is 0 Å². The third-order valence-corrected chi connectivity index (χ3v) is 4.62. The molecular formula is C22H28N2O3. The summed E-state index contributed by atoms with van der Waals surface area (Å²) in [6.45, 7) is 5.64. The second-order valence-corrected chi connectivity index (χ2v) is 7.09. The third kappa shape index (κ3) is 5.58. The molecule has 2 amide bonds. The molecule has 0 fully saturated rings. The van der Waals surface area contributed by atoms with Gasteiger partial charge in [0, 0.05) is 6.54 Å². The molecule has 1 atom stereocenters. The van der Waals surface area contributed by atoms with E-state index in [1.807, 2.05) is 61.5 Å². The number of ether oxygens (including phenoxy) is 1. The van der Waals surface area contributed by atoms with Gasteiger partial charge in [0.05, 0.1) is 13.2 Å². The maximum absolute atomic E-state index is 12.6. The molecule has 1 unspecified atom stereocenters. The predicted molar refractivity (Wildman–Crippen MR) is 106 cm³/mol. The molecule has 2 rings (SSSR count). The molecule has 0 heterocycles. The van der Waals surface area contributed by atoms with Crippen LogP contribution in [0.5, 0.6) is 5.75 Å². The SMILES string of the molecule is COc1cccc(CCNC(=O)C(C)(C)C(=O)NC(C)c2ccccc2)c1. The van der Waals surface area contributed by atoms with Gasteiger partial charge in [0.1, 0.15) is 11.2 Å². The number of benzene rings is 2. The van der Waals surface area contributed by atoms with Crippen molar-refractivity contribution in [3.05, 3.63) is 65.7 Å². The van der Waals surface area contributed by atoms with Crippen molar-refractivity contribution in [2.75, 3.05) is 13.7 Å². The van der Waals surface area contributed by atoms with Gasteiger partial charge in [-0.3, -0.25) is 9.59 Å². The van der Waals surface area contributed by atoms with Crippen LogP contribution < -0.4 is 15.4 Å². The minimum absolute atomic E-state index is 0.164. The lowest BCUT2D eigenvalue weighted by molar-refractivity contribution is -0.141. The van der Waals surface area contributed by atoms with E-state index in [2.05, 4.69) is 10.6 Å². The Hall–Kier alpha value is -2.82. The Morgan fingerprint density at radius 1 is 1.04 bits per heavy atom. The zero-order chi connectivity index (χ0) is 19.9. The van der Waals surface area contributed by atoms with E-state index in [1.54, 1.807) is 21.0 Å². The first-order chi connectivity index (χ1) is 12.8. The van der Waals surface area contributed by atoms with Gasteiger partial charge in [-0.25, -0.2) is 0 Å². The average Bonchev–Trinajstić information content (AvgIpc) is 2.68. The lowest BCUT2D eigenvalue weighted by Crippen LogP contribution is -2.48. The molecule has 0 bridgehead atoms. The summed E-state index contributed by atoms with van der Waals surface area (Å²) < 4.78 is 5.20. The molecule has 0 aliphatic heterocycles. The van der Waals surface area contributed by atoms with Crippen LogP contribution >= 0.6 is 0 Å². The minimum Gasteiger partial charge on any atom is -0.497 e. The zero-order valence-corrected chi connectivity index (χ0v) is 16.4. The van der Waals surface area contributed by atoms with Crippen LogP contribution in [-0.4, -0.2) is 25.5 Å². The molecule has 0 aliphatic rings. The fourth-order valence-electron chi connectivity index (χ4n) is 2.67. The van der Waals surface area contributed by atoms with E-state index in [0.717, 1.165) is 16.9 Å². The van der Waals surface area contributed by atoms with Gasteiger partial charge in [-0.2, -0.15) is 0 Å². The van der Waals surface area contributed by atoms with Crippen molar-refractivity contribution in [3.8, 4) is 5.75 Å². The molecule has 2 aromatic carbocycles. The topological polar surface area (TPSA) is 67.4 Å². The molecule has 0 spiro atoms. The number of nitrogens with one attached hydrogen (secondary N) is 2. The van der Waals surface area contributed by atoms with Crippen molar-refractivity contribution in [1.82, 2.24) is 10.6 Å². The Bertz CT molecular complexity index is 772. The molecule has 5 nitrogen and oxygen atoms in total. The van der Waals surface area contributed by atoms with Crippen LogP contribution in [0.2, 0.25) is 0 Å². The van der Waals surface area contributed by atoms with Crippen molar-refractivity contribution >= 4 is 11.8 Å². The molecule has 0 radical (unpaired) electrons. The summed E-state index contributed by atoms with van der Waals surface area (Å²) in [6.07, 6.45) is 0.668. The van der Waals surface area contributed by atoms with Gasteiger partial charge >= 0.3 is 0 Å². The average molecular weight is 368 g/mol. The van der Waals surface area contributed by atoms with Gasteiger partial charge in [-0.05, 0) is 50.5 Å². The van der Waals surface area contributed by atoms with Gasteiger partial charge in [0.25, 0.3) is 0 Å². The van der Waals surface area contributed by atoms with Crippen LogP contribution in [0.4, 0.5) is 0 Å². The second-order valence-electron chi connectivity index (χ2n) is 7.09. The van der Waals surface area contributed by atoms with Gasteiger partial charge < -0.3 is 15.4 Å². The lowest BCUT2D eigenvalue weighted by Gasteiger charge is -2.25. The summed E-state index contributed by atoms with van der Waals surface area (Å²) in [5.41, 5.74) is 0.909. The number of carbonyl (C=O) groups is 2. The van der Waals surface area contributed by atoms with Crippen molar-refractivity contribution in [3.63, 3.8) is 0 Å². The van der Waals surface area contributed by atoms with Crippen LogP contribution in [0.15, 0.2) is 54.6 Å². The summed E-state index contributed by atoms with van der Waals surface area (Å²) in [7, 11) is 1.62. The van der Waals surface area contributed by atoms with E-state index in [4.69, 9.17) is 4.74 Å².